The first-order valence-electron chi connectivity index (χ1n) is 10.4. The number of carbonyl (C=O) groups is 1. The van der Waals surface area contributed by atoms with Crippen molar-refractivity contribution >= 4 is 5.91 Å². The van der Waals surface area contributed by atoms with Crippen LogP contribution in [0.25, 0.3) is 11.1 Å². The van der Waals surface area contributed by atoms with Gasteiger partial charge in [0.05, 0.1) is 0 Å². The van der Waals surface area contributed by atoms with E-state index in [-0.39, 0.29) is 23.2 Å². The number of benzene rings is 1. The standard InChI is InChI=1S/C23H28F2N4O/c1-13-11-27-20(9-18(13)15-6-16(24)8-17(25)7-15)22(30)28-14(2)19-10-21(19)29-5-4-23(3,26)12-29/h6-9,11,14,19,21H,4-5,10,12,26H2,1-3H3,(H,28,30)/t14-,19?,21?,23-/m0/s1. The number of pyridine rings is 1. The maximum atomic E-state index is 13.6. The van der Waals surface area contributed by atoms with E-state index in [0.717, 1.165) is 37.6 Å². The van der Waals surface area contributed by atoms with Crippen molar-refractivity contribution in [3.05, 3.63) is 53.4 Å². The van der Waals surface area contributed by atoms with Crippen molar-refractivity contribution in [1.29, 1.82) is 0 Å². The topological polar surface area (TPSA) is 71.2 Å². The average molecular weight is 415 g/mol. The molecule has 3 N–H and O–H groups in total. The lowest BCUT2D eigenvalue weighted by Crippen LogP contribution is -2.41. The average Bonchev–Trinajstić information content (AvgIpc) is 3.38. The number of rotatable bonds is 5. The van der Waals surface area contributed by atoms with E-state index in [1.54, 1.807) is 19.2 Å². The minimum Gasteiger partial charge on any atom is -0.348 e. The summed E-state index contributed by atoms with van der Waals surface area (Å²) in [6.07, 6.45) is 3.60. The molecule has 4 rings (SSSR count). The highest BCUT2D eigenvalue weighted by Gasteiger charge is 2.48. The number of nitrogens with two attached hydrogens (primary N) is 1. The number of hydrogen-bond acceptors (Lipinski definition) is 4. The zero-order valence-corrected chi connectivity index (χ0v) is 17.6. The van der Waals surface area contributed by atoms with Gasteiger partial charge in [0, 0.05) is 43.0 Å². The van der Waals surface area contributed by atoms with E-state index in [0.29, 0.717) is 23.1 Å². The fourth-order valence-electron chi connectivity index (χ4n) is 4.52. The van der Waals surface area contributed by atoms with Crippen LogP contribution >= 0.6 is 0 Å². The second-order valence-electron chi connectivity index (χ2n) is 9.15. The molecule has 2 fully saturated rings. The molecule has 30 heavy (non-hydrogen) atoms. The molecule has 7 heteroatoms. The molecule has 160 valence electrons. The maximum absolute atomic E-state index is 13.6. The minimum atomic E-state index is -0.656. The predicted octanol–water partition coefficient (Wildman–Crippen LogP) is 3.27. The smallest absolute Gasteiger partial charge is 0.270 e. The summed E-state index contributed by atoms with van der Waals surface area (Å²) in [7, 11) is 0. The van der Waals surface area contributed by atoms with E-state index in [1.165, 1.54) is 12.1 Å². The minimum absolute atomic E-state index is 0.00491. The predicted molar refractivity (Wildman–Crippen MR) is 112 cm³/mol. The van der Waals surface area contributed by atoms with Crippen LogP contribution < -0.4 is 11.1 Å². The lowest BCUT2D eigenvalue weighted by Gasteiger charge is -2.21. The Morgan fingerprint density at radius 3 is 2.63 bits per heavy atom. The second-order valence-corrected chi connectivity index (χ2v) is 9.15. The summed E-state index contributed by atoms with van der Waals surface area (Å²) in [5.74, 6) is -1.20. The number of amides is 1. The molecule has 1 saturated heterocycles. The third-order valence-electron chi connectivity index (χ3n) is 6.32. The van der Waals surface area contributed by atoms with E-state index in [2.05, 4.69) is 22.1 Å². The van der Waals surface area contributed by atoms with Crippen LogP contribution in [-0.4, -0.2) is 46.5 Å². The molecule has 0 radical (unpaired) electrons. The zero-order valence-electron chi connectivity index (χ0n) is 17.6. The van der Waals surface area contributed by atoms with Gasteiger partial charge in [0.2, 0.25) is 0 Å². The molecule has 1 amide bonds. The molecular weight excluding hydrogens is 386 g/mol. The Labute approximate surface area is 175 Å². The molecule has 0 spiro atoms. The molecule has 1 saturated carbocycles. The number of nitrogens with one attached hydrogen (secondary N) is 1. The van der Waals surface area contributed by atoms with Crippen LogP contribution in [0.1, 0.15) is 42.7 Å². The van der Waals surface area contributed by atoms with Crippen LogP contribution in [0.5, 0.6) is 0 Å². The first kappa shape index (κ1) is 20.9. The molecule has 2 unspecified atom stereocenters. The Balaban J connectivity index is 1.44. The van der Waals surface area contributed by atoms with Gasteiger partial charge in [-0.2, -0.15) is 0 Å². The molecule has 1 aliphatic heterocycles. The molecule has 0 bridgehead atoms. The van der Waals surface area contributed by atoms with Gasteiger partial charge >= 0.3 is 0 Å². The summed E-state index contributed by atoms with van der Waals surface area (Å²) in [5.41, 5.74) is 8.06. The van der Waals surface area contributed by atoms with Gasteiger partial charge < -0.3 is 11.1 Å². The Hall–Kier alpha value is -2.38. The Morgan fingerprint density at radius 1 is 1.30 bits per heavy atom. The second kappa shape index (κ2) is 7.71. The molecule has 2 aromatic rings. The highest BCUT2D eigenvalue weighted by molar-refractivity contribution is 5.94. The number of aryl methyl sites for hydroxylation is 1. The first-order chi connectivity index (χ1) is 14.1. The molecular formula is C23H28F2N4O. The number of hydrogen-bond donors (Lipinski definition) is 2. The van der Waals surface area contributed by atoms with Crippen molar-refractivity contribution < 1.29 is 13.6 Å². The summed E-state index contributed by atoms with van der Waals surface area (Å²) in [4.78, 5) is 19.4. The van der Waals surface area contributed by atoms with Crippen molar-refractivity contribution in [1.82, 2.24) is 15.2 Å². The molecule has 1 aliphatic carbocycles. The van der Waals surface area contributed by atoms with E-state index in [4.69, 9.17) is 5.73 Å². The Bertz CT molecular complexity index is 957. The van der Waals surface area contributed by atoms with Crippen molar-refractivity contribution in [3.63, 3.8) is 0 Å². The van der Waals surface area contributed by atoms with Gasteiger partial charge in [-0.3, -0.25) is 14.7 Å². The number of likely N-dealkylation sites (tertiary alicyclic amines) is 1. The lowest BCUT2D eigenvalue weighted by molar-refractivity contribution is 0.0928. The summed E-state index contributed by atoms with van der Waals surface area (Å²) in [6, 6.07) is 5.40. The van der Waals surface area contributed by atoms with Gasteiger partial charge in [-0.1, -0.05) is 0 Å². The molecule has 2 aliphatic rings. The van der Waals surface area contributed by atoms with E-state index < -0.39 is 11.6 Å². The highest BCUT2D eigenvalue weighted by Crippen LogP contribution is 2.41. The zero-order chi connectivity index (χ0) is 21.6. The van der Waals surface area contributed by atoms with Gasteiger partial charge in [-0.25, -0.2) is 8.78 Å². The summed E-state index contributed by atoms with van der Waals surface area (Å²) in [5, 5.41) is 3.05. The number of halogens is 2. The SMILES string of the molecule is Cc1cnc(C(=O)N[C@@H](C)C2CC2N2CC[C@](C)(N)C2)cc1-c1cc(F)cc(F)c1. The summed E-state index contributed by atoms with van der Waals surface area (Å²) < 4.78 is 27.3. The van der Waals surface area contributed by atoms with Crippen LogP contribution in [0, 0.1) is 24.5 Å². The molecule has 2 heterocycles. The van der Waals surface area contributed by atoms with Gasteiger partial charge in [0.25, 0.3) is 5.91 Å². The number of aromatic nitrogens is 1. The van der Waals surface area contributed by atoms with Crippen molar-refractivity contribution in [2.45, 2.75) is 51.2 Å². The summed E-state index contributed by atoms with van der Waals surface area (Å²) >= 11 is 0. The van der Waals surface area contributed by atoms with Crippen LogP contribution in [0.2, 0.25) is 0 Å². The fourth-order valence-corrected chi connectivity index (χ4v) is 4.52. The van der Waals surface area contributed by atoms with Crippen LogP contribution in [0.3, 0.4) is 0 Å². The Kier molecular flexibility index (Phi) is 5.36. The molecule has 5 nitrogen and oxygen atoms in total. The molecule has 4 atom stereocenters. The quantitative estimate of drug-likeness (QED) is 0.788. The third-order valence-corrected chi connectivity index (χ3v) is 6.32. The van der Waals surface area contributed by atoms with Crippen molar-refractivity contribution in [2.75, 3.05) is 13.1 Å². The maximum Gasteiger partial charge on any atom is 0.270 e. The van der Waals surface area contributed by atoms with E-state index in [1.807, 2.05) is 6.92 Å². The molecule has 1 aromatic carbocycles. The number of carbonyl (C=O) groups excluding carboxylic acids is 1. The Morgan fingerprint density at radius 2 is 2.00 bits per heavy atom. The van der Waals surface area contributed by atoms with Gasteiger partial charge in [0.15, 0.2) is 0 Å². The van der Waals surface area contributed by atoms with Crippen molar-refractivity contribution in [2.24, 2.45) is 11.7 Å². The van der Waals surface area contributed by atoms with Gasteiger partial charge in [-0.05, 0) is 74.4 Å². The normalized spacial score (nSPS) is 27.1. The summed E-state index contributed by atoms with van der Waals surface area (Å²) in [6.45, 7) is 7.79. The third kappa shape index (κ3) is 4.37. The fraction of sp³-hybridized carbons (Fsp3) is 0.478. The highest BCUT2D eigenvalue weighted by atomic mass is 19.1. The lowest BCUT2D eigenvalue weighted by atomic mass is 10.0. The van der Waals surface area contributed by atoms with Gasteiger partial charge in [0.1, 0.15) is 17.3 Å². The van der Waals surface area contributed by atoms with Crippen molar-refractivity contribution in [3.8, 4) is 11.1 Å². The van der Waals surface area contributed by atoms with E-state index >= 15 is 0 Å². The largest absolute Gasteiger partial charge is 0.348 e. The van der Waals surface area contributed by atoms with Crippen LogP contribution in [0.15, 0.2) is 30.5 Å². The monoisotopic (exact) mass is 414 g/mol. The van der Waals surface area contributed by atoms with Gasteiger partial charge in [-0.15, -0.1) is 0 Å². The number of nitrogens with zero attached hydrogens (tertiary/aromatic N) is 2. The van der Waals surface area contributed by atoms with Crippen LogP contribution in [-0.2, 0) is 0 Å². The van der Waals surface area contributed by atoms with E-state index in [9.17, 15) is 13.6 Å². The van der Waals surface area contributed by atoms with Crippen LogP contribution in [0.4, 0.5) is 8.78 Å². The first-order valence-corrected chi connectivity index (χ1v) is 10.4. The molecule has 1 aromatic heterocycles.